The fraction of sp³-hybridized carbons (Fsp3) is 0.417. The highest BCUT2D eigenvalue weighted by atomic mass is 35.5. The summed E-state index contributed by atoms with van der Waals surface area (Å²) in [5, 5.41) is 3.15. The number of halogens is 3. The van der Waals surface area contributed by atoms with Crippen LogP contribution in [0.1, 0.15) is 11.6 Å². The zero-order valence-corrected chi connectivity index (χ0v) is 12.8. The lowest BCUT2D eigenvalue weighted by Crippen LogP contribution is -2.49. The lowest BCUT2D eigenvalue weighted by molar-refractivity contribution is -0.142. The maximum absolute atomic E-state index is 13.5. The Morgan fingerprint density at radius 2 is 2.10 bits per heavy atom. The average molecular weight is 340 g/mol. The van der Waals surface area contributed by atoms with Crippen molar-refractivity contribution < 1.29 is 18.1 Å². The third-order valence-electron chi connectivity index (χ3n) is 3.01. The van der Waals surface area contributed by atoms with Crippen LogP contribution in [0.5, 0.6) is 0 Å². The van der Waals surface area contributed by atoms with Crippen LogP contribution in [0.2, 0.25) is 10.0 Å². The van der Waals surface area contributed by atoms with Crippen LogP contribution in [0.25, 0.3) is 0 Å². The van der Waals surface area contributed by atoms with Crippen molar-refractivity contribution in [3.8, 4) is 0 Å². The van der Waals surface area contributed by atoms with Crippen molar-refractivity contribution in [2.45, 2.75) is 12.1 Å². The Hall–Kier alpha value is -0.690. The molecule has 0 bridgehead atoms. The molecule has 3 atom stereocenters. The lowest BCUT2D eigenvalue weighted by Gasteiger charge is -2.29. The molecule has 1 aliphatic heterocycles. The Labute approximate surface area is 128 Å². The Bertz CT molecular complexity index is 570. The predicted molar refractivity (Wildman–Crippen MR) is 76.0 cm³/mol. The van der Waals surface area contributed by atoms with E-state index in [9.17, 15) is 13.4 Å². The van der Waals surface area contributed by atoms with Gasteiger partial charge in [0.05, 0.1) is 12.1 Å². The molecule has 1 saturated heterocycles. The van der Waals surface area contributed by atoms with E-state index in [4.69, 9.17) is 23.2 Å². The molecule has 3 unspecified atom stereocenters. The van der Waals surface area contributed by atoms with Crippen molar-refractivity contribution in [1.29, 1.82) is 0 Å². The second-order valence-electron chi connectivity index (χ2n) is 4.36. The summed E-state index contributed by atoms with van der Waals surface area (Å²) in [6.45, 7) is 0. The van der Waals surface area contributed by atoms with E-state index in [1.807, 2.05) is 0 Å². The first kappa shape index (κ1) is 15.7. The van der Waals surface area contributed by atoms with Gasteiger partial charge in [-0.1, -0.05) is 23.2 Å². The quantitative estimate of drug-likeness (QED) is 0.662. The first-order chi connectivity index (χ1) is 9.42. The second kappa shape index (κ2) is 6.39. The number of nitrogens with one attached hydrogen (secondary N) is 1. The van der Waals surface area contributed by atoms with E-state index in [0.29, 0.717) is 5.56 Å². The van der Waals surface area contributed by atoms with Gasteiger partial charge in [0.1, 0.15) is 11.9 Å². The average Bonchev–Trinajstić information content (AvgIpc) is 2.41. The third-order valence-corrected chi connectivity index (χ3v) is 5.04. The summed E-state index contributed by atoms with van der Waals surface area (Å²) in [5.41, 5.74) is 0.426. The predicted octanol–water partition coefficient (Wildman–Crippen LogP) is 2.07. The molecule has 1 aromatic rings. The molecule has 1 aliphatic rings. The van der Waals surface area contributed by atoms with Crippen LogP contribution in [-0.2, 0) is 20.3 Å². The highest BCUT2D eigenvalue weighted by Gasteiger charge is 2.33. The molecule has 2 rings (SSSR count). The fourth-order valence-electron chi connectivity index (χ4n) is 2.04. The number of benzene rings is 1. The van der Waals surface area contributed by atoms with Crippen LogP contribution in [0.3, 0.4) is 0 Å². The lowest BCUT2D eigenvalue weighted by atomic mass is 10.1. The van der Waals surface area contributed by atoms with E-state index in [-0.39, 0.29) is 21.6 Å². The highest BCUT2D eigenvalue weighted by molar-refractivity contribution is 7.85. The van der Waals surface area contributed by atoms with Gasteiger partial charge >= 0.3 is 5.97 Å². The largest absolute Gasteiger partial charge is 0.468 e. The molecule has 1 fully saturated rings. The highest BCUT2D eigenvalue weighted by Crippen LogP contribution is 2.30. The van der Waals surface area contributed by atoms with Crippen LogP contribution in [0.15, 0.2) is 12.1 Å². The molecular formula is C12H12Cl2FNO3S. The van der Waals surface area contributed by atoms with Gasteiger partial charge in [0.25, 0.3) is 0 Å². The molecule has 0 aromatic heterocycles. The molecule has 20 heavy (non-hydrogen) atoms. The van der Waals surface area contributed by atoms with E-state index < -0.39 is 34.7 Å². The maximum Gasteiger partial charge on any atom is 0.323 e. The van der Waals surface area contributed by atoms with Crippen molar-refractivity contribution >= 4 is 40.0 Å². The van der Waals surface area contributed by atoms with E-state index >= 15 is 0 Å². The number of carbonyl (C=O) groups excluding carboxylic acids is 1. The van der Waals surface area contributed by atoms with Crippen molar-refractivity contribution in [2.75, 3.05) is 18.6 Å². The second-order valence-corrected chi connectivity index (χ2v) is 6.72. The number of carbonyl (C=O) groups is 1. The molecule has 0 aliphatic carbocycles. The van der Waals surface area contributed by atoms with Gasteiger partial charge in [-0.25, -0.2) is 4.39 Å². The van der Waals surface area contributed by atoms with Crippen molar-refractivity contribution in [2.24, 2.45) is 0 Å². The van der Waals surface area contributed by atoms with E-state index in [1.165, 1.54) is 19.2 Å². The van der Waals surface area contributed by atoms with Gasteiger partial charge in [0.2, 0.25) is 0 Å². The molecule has 0 radical (unpaired) electrons. The Morgan fingerprint density at radius 1 is 1.40 bits per heavy atom. The summed E-state index contributed by atoms with van der Waals surface area (Å²) in [6, 6.07) is 1.29. The number of rotatable bonds is 2. The summed E-state index contributed by atoms with van der Waals surface area (Å²) < 4.78 is 30.0. The summed E-state index contributed by atoms with van der Waals surface area (Å²) in [5.74, 6) is -0.710. The smallest absolute Gasteiger partial charge is 0.323 e. The van der Waals surface area contributed by atoms with Gasteiger partial charge in [0.15, 0.2) is 0 Å². The van der Waals surface area contributed by atoms with Crippen molar-refractivity contribution in [3.63, 3.8) is 0 Å². The maximum atomic E-state index is 13.5. The Morgan fingerprint density at radius 3 is 2.75 bits per heavy atom. The van der Waals surface area contributed by atoms with Gasteiger partial charge in [-0.05, 0) is 17.7 Å². The normalized spacial score (nSPS) is 26.3. The molecule has 0 saturated carbocycles. The van der Waals surface area contributed by atoms with Gasteiger partial charge in [0, 0.05) is 33.4 Å². The minimum Gasteiger partial charge on any atom is -0.468 e. The standard InChI is InChI=1S/C12H12Cl2FNO3S/c1-19-12(17)11-5-20(18)4-10(16-11)6-2-9(15)8(14)3-7(6)13/h2-3,10-11,16H,4-5H2,1H3. The van der Waals surface area contributed by atoms with E-state index in [1.54, 1.807) is 0 Å². The summed E-state index contributed by atoms with van der Waals surface area (Å²) in [4.78, 5) is 11.5. The Balaban J connectivity index is 2.30. The Kier molecular flexibility index (Phi) is 5.01. The first-order valence-corrected chi connectivity index (χ1v) is 8.00. The SMILES string of the molecule is COC(=O)C1CS(=O)CC(c2cc(F)c(Cl)cc2Cl)N1. The number of ether oxygens (including phenoxy) is 1. The third kappa shape index (κ3) is 3.31. The van der Waals surface area contributed by atoms with Crippen molar-refractivity contribution in [3.05, 3.63) is 33.6 Å². The van der Waals surface area contributed by atoms with Gasteiger partial charge in [-0.3, -0.25) is 14.3 Å². The monoisotopic (exact) mass is 339 g/mol. The topological polar surface area (TPSA) is 55.4 Å². The van der Waals surface area contributed by atoms with Gasteiger partial charge in [-0.2, -0.15) is 0 Å². The number of hydrogen-bond acceptors (Lipinski definition) is 4. The van der Waals surface area contributed by atoms with Crippen LogP contribution >= 0.6 is 23.2 Å². The van der Waals surface area contributed by atoms with Gasteiger partial charge < -0.3 is 4.74 Å². The molecule has 4 nitrogen and oxygen atoms in total. The molecule has 1 aromatic carbocycles. The zero-order valence-electron chi connectivity index (χ0n) is 10.5. The minimum absolute atomic E-state index is 0.0831. The number of methoxy groups -OCH3 is 1. The summed E-state index contributed by atoms with van der Waals surface area (Å²) in [7, 11) is 0.0348. The molecule has 0 amide bonds. The van der Waals surface area contributed by atoms with Crippen LogP contribution < -0.4 is 5.32 Å². The molecule has 0 spiro atoms. The summed E-state index contributed by atoms with van der Waals surface area (Å²) >= 11 is 11.7. The molecular weight excluding hydrogens is 328 g/mol. The number of hydrogen-bond donors (Lipinski definition) is 1. The van der Waals surface area contributed by atoms with Crippen molar-refractivity contribution in [1.82, 2.24) is 5.32 Å². The molecule has 110 valence electrons. The fourth-order valence-corrected chi connectivity index (χ4v) is 3.94. The van der Waals surface area contributed by atoms with Crippen LogP contribution in [0, 0.1) is 5.82 Å². The number of esters is 1. The van der Waals surface area contributed by atoms with E-state index in [2.05, 4.69) is 10.1 Å². The van der Waals surface area contributed by atoms with Crippen LogP contribution in [0.4, 0.5) is 4.39 Å². The first-order valence-electron chi connectivity index (χ1n) is 5.75. The van der Waals surface area contributed by atoms with Gasteiger partial charge in [-0.15, -0.1) is 0 Å². The molecule has 8 heteroatoms. The van der Waals surface area contributed by atoms with Crippen LogP contribution in [-0.4, -0.2) is 34.8 Å². The molecule has 1 N–H and O–H groups in total. The minimum atomic E-state index is -1.22. The summed E-state index contributed by atoms with van der Waals surface area (Å²) in [6.07, 6.45) is 0. The zero-order chi connectivity index (χ0) is 14.9. The molecule has 1 heterocycles. The van der Waals surface area contributed by atoms with E-state index in [0.717, 1.165) is 0 Å².